The average Bonchev–Trinajstić information content (AvgIpc) is 2.61. The molecule has 12 heteroatoms. The highest BCUT2D eigenvalue weighted by atomic mass is 16.5. The summed E-state index contributed by atoms with van der Waals surface area (Å²) in [6.07, 6.45) is 2.14. The molecule has 1 heterocycles. The topological polar surface area (TPSA) is 195 Å². The fraction of sp³-hybridized carbons (Fsp3) is 0.562. The summed E-state index contributed by atoms with van der Waals surface area (Å²) < 4.78 is 6.32. The number of unbranched alkanes of at least 4 members (excludes halogenated alkanes) is 1. The number of aryl methyl sites for hydroxylation is 2. The van der Waals surface area contributed by atoms with E-state index in [4.69, 9.17) is 21.3 Å². The maximum atomic E-state index is 11.7. The Morgan fingerprint density at radius 3 is 2.68 bits per heavy atom. The Bertz CT molecular complexity index is 811. The summed E-state index contributed by atoms with van der Waals surface area (Å²) >= 11 is 0. The monoisotopic (exact) mass is 398 g/mol. The number of carboxylic acid groups (broad SMARTS) is 1. The molecule has 1 aromatic heterocycles. The predicted octanol–water partition coefficient (Wildman–Crippen LogP) is -1.14. The minimum Gasteiger partial charge on any atom is -0.480 e. The molecule has 0 aliphatic heterocycles. The number of carboxylic acids is 1. The van der Waals surface area contributed by atoms with Crippen molar-refractivity contribution in [2.75, 3.05) is 13.2 Å². The summed E-state index contributed by atoms with van der Waals surface area (Å²) in [5, 5.41) is 11.4. The van der Waals surface area contributed by atoms with Crippen LogP contribution < -0.4 is 28.0 Å². The van der Waals surface area contributed by atoms with Gasteiger partial charge in [-0.1, -0.05) is 0 Å². The first-order valence-corrected chi connectivity index (χ1v) is 8.72. The Labute approximate surface area is 160 Å². The molecular formula is C16H26N6O6. The van der Waals surface area contributed by atoms with Gasteiger partial charge in [0.25, 0.3) is 5.56 Å². The van der Waals surface area contributed by atoms with E-state index in [1.807, 2.05) is 0 Å². The number of ether oxygens (including phenoxy) is 1. The van der Waals surface area contributed by atoms with E-state index >= 15 is 0 Å². The van der Waals surface area contributed by atoms with Crippen molar-refractivity contribution < 1.29 is 19.4 Å². The smallest absolute Gasteiger partial charge is 0.407 e. The van der Waals surface area contributed by atoms with E-state index in [1.54, 1.807) is 6.92 Å². The molecule has 7 N–H and O–H groups in total. The first-order valence-electron chi connectivity index (χ1n) is 8.72. The number of hydrogen-bond acceptors (Lipinski definition) is 6. The summed E-state index contributed by atoms with van der Waals surface area (Å²) in [5.41, 5.74) is 9.85. The van der Waals surface area contributed by atoms with Crippen LogP contribution in [0.5, 0.6) is 0 Å². The number of H-pyrrole nitrogens is 1. The molecular weight excluding hydrogens is 372 g/mol. The zero-order chi connectivity index (χ0) is 21.1. The minimum atomic E-state index is -1.19. The fourth-order valence-corrected chi connectivity index (χ4v) is 2.28. The summed E-state index contributed by atoms with van der Waals surface area (Å²) in [7, 11) is 0. The molecule has 0 aliphatic carbocycles. The second-order valence-corrected chi connectivity index (χ2v) is 6.09. The minimum absolute atomic E-state index is 0.0588. The number of nitrogens with two attached hydrogens (primary N) is 2. The largest absolute Gasteiger partial charge is 0.480 e. The molecule has 28 heavy (non-hydrogen) atoms. The van der Waals surface area contributed by atoms with E-state index in [0.29, 0.717) is 31.4 Å². The molecule has 1 amide bonds. The van der Waals surface area contributed by atoms with Gasteiger partial charge in [0.2, 0.25) is 0 Å². The molecule has 1 aromatic rings. The number of carbonyl (C=O) groups is 2. The highest BCUT2D eigenvalue weighted by Gasteiger charge is 2.20. The maximum absolute atomic E-state index is 11.7. The van der Waals surface area contributed by atoms with Gasteiger partial charge in [-0.15, -0.1) is 0 Å². The van der Waals surface area contributed by atoms with Crippen molar-refractivity contribution in [1.82, 2.24) is 14.9 Å². The second kappa shape index (κ2) is 11.4. The number of alkyl carbamates (subject to hydrolysis) is 1. The first-order chi connectivity index (χ1) is 13.2. The van der Waals surface area contributed by atoms with Crippen LogP contribution >= 0.6 is 0 Å². The third-order valence-corrected chi connectivity index (χ3v) is 3.75. The lowest BCUT2D eigenvalue weighted by atomic mass is 10.1. The van der Waals surface area contributed by atoms with Crippen molar-refractivity contribution in [1.29, 1.82) is 0 Å². The van der Waals surface area contributed by atoms with Gasteiger partial charge in [0, 0.05) is 24.8 Å². The van der Waals surface area contributed by atoms with Crippen LogP contribution in [0.4, 0.5) is 4.79 Å². The number of aliphatic carboxylic acids is 1. The van der Waals surface area contributed by atoms with Crippen LogP contribution in [0, 0.1) is 6.92 Å². The lowest BCUT2D eigenvalue weighted by Gasteiger charge is -2.14. The molecule has 0 saturated carbocycles. The van der Waals surface area contributed by atoms with Crippen molar-refractivity contribution in [3.05, 3.63) is 32.6 Å². The Hall–Kier alpha value is -3.31. The fourth-order valence-electron chi connectivity index (χ4n) is 2.28. The molecule has 0 aromatic carbocycles. The van der Waals surface area contributed by atoms with Gasteiger partial charge in [0.1, 0.15) is 6.04 Å². The number of nitrogens with one attached hydrogen (secondary N) is 2. The molecule has 1 atom stereocenters. The second-order valence-electron chi connectivity index (χ2n) is 6.09. The lowest BCUT2D eigenvalue weighted by molar-refractivity contribution is -0.139. The Kier molecular flexibility index (Phi) is 9.27. The van der Waals surface area contributed by atoms with Crippen LogP contribution in [0.25, 0.3) is 0 Å². The van der Waals surface area contributed by atoms with Crippen LogP contribution in [0.2, 0.25) is 0 Å². The van der Waals surface area contributed by atoms with E-state index in [-0.39, 0.29) is 25.5 Å². The number of guanidine groups is 1. The number of aromatic nitrogens is 2. The third-order valence-electron chi connectivity index (χ3n) is 3.75. The van der Waals surface area contributed by atoms with Crippen molar-refractivity contribution in [3.8, 4) is 0 Å². The van der Waals surface area contributed by atoms with Crippen LogP contribution in [0.3, 0.4) is 0 Å². The highest BCUT2D eigenvalue weighted by molar-refractivity contribution is 5.79. The van der Waals surface area contributed by atoms with E-state index in [9.17, 15) is 19.2 Å². The van der Waals surface area contributed by atoms with Gasteiger partial charge in [-0.05, 0) is 32.6 Å². The molecule has 156 valence electrons. The molecule has 0 saturated heterocycles. The Morgan fingerprint density at radius 2 is 2.04 bits per heavy atom. The van der Waals surface area contributed by atoms with Crippen molar-refractivity contribution >= 4 is 18.0 Å². The molecule has 0 radical (unpaired) electrons. The summed E-state index contributed by atoms with van der Waals surface area (Å²) in [4.78, 5) is 51.7. The molecule has 0 aliphatic rings. The first kappa shape index (κ1) is 22.7. The number of amides is 1. The summed E-state index contributed by atoms with van der Waals surface area (Å²) in [5.74, 6) is -1.27. The molecule has 12 nitrogen and oxygen atoms in total. The van der Waals surface area contributed by atoms with Crippen LogP contribution in [-0.2, 0) is 16.1 Å². The number of aromatic amines is 1. The van der Waals surface area contributed by atoms with E-state index < -0.39 is 29.4 Å². The zero-order valence-corrected chi connectivity index (χ0v) is 15.6. The summed E-state index contributed by atoms with van der Waals surface area (Å²) in [6, 6.07) is -1.11. The van der Waals surface area contributed by atoms with Gasteiger partial charge in [0.05, 0.1) is 6.61 Å². The number of rotatable bonds is 11. The Morgan fingerprint density at radius 1 is 1.32 bits per heavy atom. The zero-order valence-electron chi connectivity index (χ0n) is 15.6. The van der Waals surface area contributed by atoms with Crippen molar-refractivity contribution in [2.24, 2.45) is 16.5 Å². The highest BCUT2D eigenvalue weighted by Crippen LogP contribution is 2.00. The van der Waals surface area contributed by atoms with Crippen molar-refractivity contribution in [2.45, 2.75) is 45.2 Å². The van der Waals surface area contributed by atoms with E-state index in [2.05, 4.69) is 15.3 Å². The number of carbonyl (C=O) groups excluding carboxylic acids is 1. The number of nitrogens with zero attached hydrogens (tertiary/aromatic N) is 2. The predicted molar refractivity (Wildman–Crippen MR) is 101 cm³/mol. The van der Waals surface area contributed by atoms with Gasteiger partial charge in [-0.25, -0.2) is 14.4 Å². The third kappa shape index (κ3) is 8.38. The molecule has 0 bridgehead atoms. The standard InChI is InChI=1S/C16H26N6O6/c1-10-9-22(15(26)21-12(10)23)7-2-3-8-28-16(27)20-11(13(24)25)5-4-6-19-14(17)18/h9,11H,2-8H2,1H3,(H,20,27)(H,24,25)(H4,17,18,19)(H,21,23,26)/t11-/m0/s1. The normalized spacial score (nSPS) is 11.5. The van der Waals surface area contributed by atoms with Crippen LogP contribution in [0.1, 0.15) is 31.2 Å². The van der Waals surface area contributed by atoms with E-state index in [1.165, 1.54) is 10.8 Å². The quantitative estimate of drug-likeness (QED) is 0.175. The van der Waals surface area contributed by atoms with Gasteiger partial charge >= 0.3 is 17.8 Å². The van der Waals surface area contributed by atoms with E-state index in [0.717, 1.165) is 0 Å². The lowest BCUT2D eigenvalue weighted by Crippen LogP contribution is -2.41. The van der Waals surface area contributed by atoms with Gasteiger partial charge in [0.15, 0.2) is 5.96 Å². The maximum Gasteiger partial charge on any atom is 0.407 e. The van der Waals surface area contributed by atoms with Crippen molar-refractivity contribution in [3.63, 3.8) is 0 Å². The molecule has 1 rings (SSSR count). The average molecular weight is 398 g/mol. The molecule has 0 fully saturated rings. The van der Waals surface area contributed by atoms with Gasteiger partial charge in [-0.3, -0.25) is 14.8 Å². The SMILES string of the molecule is Cc1cn(CCCCOC(=O)N[C@@H](CCCN=C(N)N)C(=O)O)c(=O)[nH]c1=O. The number of aliphatic imine (C=N–C) groups is 1. The Balaban J connectivity index is 2.32. The number of hydrogen-bond donors (Lipinski definition) is 5. The molecule has 0 spiro atoms. The van der Waals surface area contributed by atoms with Crippen LogP contribution in [-0.4, -0.2) is 51.9 Å². The summed E-state index contributed by atoms with van der Waals surface area (Å²) in [6.45, 7) is 2.26. The van der Waals surface area contributed by atoms with Gasteiger partial charge < -0.3 is 31.2 Å². The molecule has 0 unspecified atom stereocenters. The van der Waals surface area contributed by atoms with Gasteiger partial charge in [-0.2, -0.15) is 0 Å². The van der Waals surface area contributed by atoms with Crippen LogP contribution in [0.15, 0.2) is 20.8 Å².